The molecule has 118 valence electrons. The van der Waals surface area contributed by atoms with Crippen molar-refractivity contribution in [2.24, 2.45) is 0 Å². The van der Waals surface area contributed by atoms with Gasteiger partial charge in [-0.1, -0.05) is 35.9 Å². The minimum atomic E-state index is -0.584. The molecule has 4 aromatic rings. The van der Waals surface area contributed by atoms with Crippen molar-refractivity contribution < 1.29 is 13.6 Å². The van der Waals surface area contributed by atoms with Gasteiger partial charge in [0.05, 0.1) is 0 Å². The summed E-state index contributed by atoms with van der Waals surface area (Å²) in [5.74, 6) is 0.422. The van der Waals surface area contributed by atoms with Gasteiger partial charge in [0.1, 0.15) is 0 Å². The molecule has 2 aromatic carbocycles. The summed E-state index contributed by atoms with van der Waals surface area (Å²) in [5, 5.41) is 10.5. The lowest BCUT2D eigenvalue weighted by molar-refractivity contribution is -0.660. The summed E-state index contributed by atoms with van der Waals surface area (Å²) >= 11 is 0. The van der Waals surface area contributed by atoms with Gasteiger partial charge in [0.15, 0.2) is 0 Å². The molecule has 7 heteroatoms. The van der Waals surface area contributed by atoms with Crippen LogP contribution in [-0.4, -0.2) is 15.5 Å². The maximum absolute atomic E-state index is 12.1. The number of nitrogens with zero attached hydrogens (tertiary/aromatic N) is 3. The summed E-state index contributed by atoms with van der Waals surface area (Å²) in [5.41, 5.74) is 2.17. The zero-order valence-electron chi connectivity index (χ0n) is 12.8. The Hall–Kier alpha value is -3.48. The van der Waals surface area contributed by atoms with Gasteiger partial charge in [0, 0.05) is 17.7 Å². The van der Waals surface area contributed by atoms with Crippen molar-refractivity contribution in [1.82, 2.24) is 15.5 Å². The Bertz CT molecular complexity index is 1030. The van der Waals surface area contributed by atoms with Gasteiger partial charge in [-0.2, -0.15) is 0 Å². The van der Waals surface area contributed by atoms with Crippen LogP contribution in [0.5, 0.6) is 0 Å². The number of rotatable bonds is 3. The highest BCUT2D eigenvalue weighted by Crippen LogP contribution is 2.20. The standard InChI is InChI=1S/C17H12N4O3/c1-11-7-9-13(10-8-11)21-14(17(22)24-20-21)16-19-18-15(23-16)12-5-3-2-4-6-12/h2-10H,1H3/p+1. The van der Waals surface area contributed by atoms with Gasteiger partial charge in [-0.05, 0) is 29.0 Å². The van der Waals surface area contributed by atoms with Gasteiger partial charge >= 0.3 is 17.2 Å². The molecule has 2 aromatic heterocycles. The lowest BCUT2D eigenvalue weighted by Gasteiger charge is -1.93. The normalized spacial score (nSPS) is 10.9. The third kappa shape index (κ3) is 2.41. The molecule has 0 aliphatic rings. The van der Waals surface area contributed by atoms with E-state index in [0.717, 1.165) is 16.8 Å². The lowest BCUT2D eigenvalue weighted by atomic mass is 10.2. The minimum Gasteiger partial charge on any atom is -0.411 e. The fourth-order valence-corrected chi connectivity index (χ4v) is 2.35. The highest BCUT2D eigenvalue weighted by molar-refractivity contribution is 5.54. The molecular weight excluding hydrogens is 308 g/mol. The molecular formula is C17H13N4O3+. The number of aryl methyl sites for hydroxylation is 1. The van der Waals surface area contributed by atoms with E-state index in [1.807, 2.05) is 61.5 Å². The minimum absolute atomic E-state index is 0.0874. The summed E-state index contributed by atoms with van der Waals surface area (Å²) in [7, 11) is 0. The predicted molar refractivity (Wildman–Crippen MR) is 84.3 cm³/mol. The fraction of sp³-hybridized carbons (Fsp3) is 0.0588. The molecule has 24 heavy (non-hydrogen) atoms. The smallest absolute Gasteiger partial charge is 0.411 e. The van der Waals surface area contributed by atoms with E-state index in [0.29, 0.717) is 5.89 Å². The molecule has 0 saturated carbocycles. The van der Waals surface area contributed by atoms with Crippen LogP contribution in [0.4, 0.5) is 0 Å². The third-order valence-electron chi connectivity index (χ3n) is 3.59. The van der Waals surface area contributed by atoms with Gasteiger partial charge in [0.25, 0.3) is 0 Å². The van der Waals surface area contributed by atoms with Crippen LogP contribution in [0.2, 0.25) is 0 Å². The second kappa shape index (κ2) is 5.62. The largest absolute Gasteiger partial charge is 0.441 e. The topological polar surface area (TPSA) is 88.8 Å². The average molecular weight is 321 g/mol. The molecule has 0 spiro atoms. The Morgan fingerprint density at radius 1 is 0.958 bits per heavy atom. The molecule has 0 unspecified atom stereocenters. The van der Waals surface area contributed by atoms with Crippen molar-refractivity contribution in [3.05, 3.63) is 70.6 Å². The van der Waals surface area contributed by atoms with Crippen molar-refractivity contribution in [1.29, 1.82) is 0 Å². The number of benzene rings is 2. The first-order valence-corrected chi connectivity index (χ1v) is 7.32. The number of hydrogen-bond acceptors (Lipinski definition) is 5. The molecule has 0 fully saturated rings. The van der Waals surface area contributed by atoms with Crippen molar-refractivity contribution >= 4 is 0 Å². The summed E-state index contributed by atoms with van der Waals surface area (Å²) in [6.45, 7) is 1.98. The zero-order chi connectivity index (χ0) is 16.5. The molecule has 0 aliphatic heterocycles. The molecule has 0 amide bonds. The molecule has 0 aliphatic carbocycles. The quantitative estimate of drug-likeness (QED) is 0.585. The molecule has 0 saturated heterocycles. The van der Waals surface area contributed by atoms with Crippen molar-refractivity contribution in [2.45, 2.75) is 6.92 Å². The van der Waals surface area contributed by atoms with E-state index in [2.05, 4.69) is 15.5 Å². The van der Waals surface area contributed by atoms with E-state index in [-0.39, 0.29) is 11.6 Å². The van der Waals surface area contributed by atoms with Crippen molar-refractivity contribution in [3.63, 3.8) is 0 Å². The van der Waals surface area contributed by atoms with Crippen molar-refractivity contribution in [2.75, 3.05) is 0 Å². The Morgan fingerprint density at radius 3 is 2.42 bits per heavy atom. The summed E-state index contributed by atoms with van der Waals surface area (Å²) in [4.78, 5) is 12.1. The molecule has 7 nitrogen and oxygen atoms in total. The monoisotopic (exact) mass is 321 g/mol. The van der Waals surface area contributed by atoms with Gasteiger partial charge in [0.2, 0.25) is 11.6 Å². The molecule has 2 heterocycles. The van der Waals surface area contributed by atoms with Crippen molar-refractivity contribution in [3.8, 4) is 28.7 Å². The molecule has 1 N–H and O–H groups in total. The highest BCUT2D eigenvalue weighted by atomic mass is 16.5. The first kappa shape index (κ1) is 14.1. The van der Waals surface area contributed by atoms with E-state index in [4.69, 9.17) is 8.94 Å². The zero-order valence-corrected chi connectivity index (χ0v) is 12.8. The van der Waals surface area contributed by atoms with Crippen LogP contribution in [0.1, 0.15) is 5.56 Å². The number of aromatic nitrogens is 4. The maximum atomic E-state index is 12.1. The van der Waals surface area contributed by atoms with Gasteiger partial charge < -0.3 is 4.42 Å². The summed E-state index contributed by atoms with van der Waals surface area (Å²) in [6, 6.07) is 16.9. The number of nitrogens with one attached hydrogen (secondary N) is 1. The van der Waals surface area contributed by atoms with Crippen LogP contribution in [0.15, 0.2) is 68.3 Å². The Labute approximate surface area is 136 Å². The molecule has 0 radical (unpaired) electrons. The van der Waals surface area contributed by atoms with E-state index in [9.17, 15) is 4.79 Å². The van der Waals surface area contributed by atoms with Crippen LogP contribution in [0, 0.1) is 6.92 Å². The molecule has 4 rings (SSSR count). The molecule has 0 atom stereocenters. The fourth-order valence-electron chi connectivity index (χ4n) is 2.35. The number of aromatic amines is 1. The second-order valence-corrected chi connectivity index (χ2v) is 5.28. The van der Waals surface area contributed by atoms with Crippen LogP contribution in [0.3, 0.4) is 0 Å². The Balaban J connectivity index is 1.81. The van der Waals surface area contributed by atoms with Crippen LogP contribution < -0.4 is 10.3 Å². The number of H-pyrrole nitrogens is 1. The van der Waals surface area contributed by atoms with Crippen LogP contribution in [-0.2, 0) is 0 Å². The van der Waals surface area contributed by atoms with Gasteiger partial charge in [-0.25, -0.2) is 4.79 Å². The highest BCUT2D eigenvalue weighted by Gasteiger charge is 2.30. The first-order chi connectivity index (χ1) is 11.7. The average Bonchev–Trinajstić information content (AvgIpc) is 3.23. The maximum Gasteiger partial charge on any atom is 0.441 e. The third-order valence-corrected chi connectivity index (χ3v) is 3.59. The first-order valence-electron chi connectivity index (χ1n) is 7.32. The summed E-state index contributed by atoms with van der Waals surface area (Å²) in [6.07, 6.45) is 0. The van der Waals surface area contributed by atoms with E-state index in [1.165, 1.54) is 4.68 Å². The summed E-state index contributed by atoms with van der Waals surface area (Å²) < 4.78 is 12.0. The number of hydrogen-bond donors (Lipinski definition) is 1. The predicted octanol–water partition coefficient (Wildman–Crippen LogP) is 2.27. The van der Waals surface area contributed by atoms with E-state index in [1.54, 1.807) is 0 Å². The van der Waals surface area contributed by atoms with Crippen LogP contribution >= 0.6 is 0 Å². The Kier molecular flexibility index (Phi) is 3.31. The van der Waals surface area contributed by atoms with E-state index >= 15 is 0 Å². The van der Waals surface area contributed by atoms with Crippen LogP contribution in [0.25, 0.3) is 28.7 Å². The van der Waals surface area contributed by atoms with E-state index < -0.39 is 5.63 Å². The molecule has 0 bridgehead atoms. The second-order valence-electron chi connectivity index (χ2n) is 5.28. The van der Waals surface area contributed by atoms with Gasteiger partial charge in [-0.3, -0.25) is 4.52 Å². The van der Waals surface area contributed by atoms with Gasteiger partial charge in [-0.15, -0.1) is 10.2 Å². The lowest BCUT2D eigenvalue weighted by Crippen LogP contribution is -2.36. The SMILES string of the molecule is Cc1ccc(-[n+]2[nH]oc(=O)c2-c2nnc(-c3ccccc3)o2)cc1. The Morgan fingerprint density at radius 2 is 1.67 bits per heavy atom.